The van der Waals surface area contributed by atoms with Crippen LogP contribution in [0.1, 0.15) is 45.1 Å². The number of anilines is 1. The third-order valence-corrected chi connectivity index (χ3v) is 6.68. The lowest BCUT2D eigenvalue weighted by atomic mass is 9.81. The summed E-state index contributed by atoms with van der Waals surface area (Å²) >= 11 is 0. The van der Waals surface area contributed by atoms with Crippen molar-refractivity contribution in [1.82, 2.24) is 20.7 Å². The minimum absolute atomic E-state index is 0.148. The van der Waals surface area contributed by atoms with Gasteiger partial charge in [0.15, 0.2) is 5.76 Å². The number of carbonyl (C=O) groups is 1. The second-order valence-corrected chi connectivity index (χ2v) is 10.6. The third-order valence-electron chi connectivity index (χ3n) is 6.68. The lowest BCUT2D eigenvalue weighted by Gasteiger charge is -2.35. The minimum atomic E-state index is -0.187. The van der Waals surface area contributed by atoms with E-state index in [1.807, 2.05) is 20.8 Å². The molecule has 180 valence electrons. The molecule has 0 unspecified atom stereocenters. The molecule has 2 aliphatic heterocycles. The van der Waals surface area contributed by atoms with Gasteiger partial charge in [-0.2, -0.15) is 0 Å². The molecule has 0 radical (unpaired) electrons. The number of piperazine rings is 1. The Labute approximate surface area is 197 Å². The Balaban J connectivity index is 1.27. The molecule has 2 atom stereocenters. The molecule has 7 heteroatoms. The van der Waals surface area contributed by atoms with Gasteiger partial charge in [0.05, 0.1) is 12.2 Å². The molecule has 1 aromatic heterocycles. The number of amides is 1. The maximum absolute atomic E-state index is 12.5. The number of rotatable bonds is 7. The van der Waals surface area contributed by atoms with E-state index in [9.17, 15) is 4.79 Å². The van der Waals surface area contributed by atoms with Crippen LogP contribution in [0.15, 0.2) is 40.9 Å². The second-order valence-electron chi connectivity index (χ2n) is 10.6. The van der Waals surface area contributed by atoms with Crippen molar-refractivity contribution in [2.45, 2.75) is 52.1 Å². The van der Waals surface area contributed by atoms with Gasteiger partial charge in [0.1, 0.15) is 0 Å². The number of para-hydroxylation sites is 1. The van der Waals surface area contributed by atoms with Gasteiger partial charge >= 0.3 is 0 Å². The zero-order valence-electron chi connectivity index (χ0n) is 20.3. The van der Waals surface area contributed by atoms with E-state index in [0.29, 0.717) is 18.3 Å². The predicted octanol–water partition coefficient (Wildman–Crippen LogP) is 3.07. The third kappa shape index (κ3) is 7.05. The first kappa shape index (κ1) is 23.8. The van der Waals surface area contributed by atoms with Crippen molar-refractivity contribution in [3.8, 4) is 0 Å². The van der Waals surface area contributed by atoms with Gasteiger partial charge in [0, 0.05) is 49.9 Å². The van der Waals surface area contributed by atoms with Crippen molar-refractivity contribution in [2.75, 3.05) is 44.2 Å². The monoisotopic (exact) mass is 453 g/mol. The molecule has 33 heavy (non-hydrogen) atoms. The second kappa shape index (κ2) is 10.7. The Hall–Kier alpha value is -2.38. The van der Waals surface area contributed by atoms with Crippen LogP contribution in [0.25, 0.3) is 0 Å². The largest absolute Gasteiger partial charge is 0.369 e. The fraction of sp³-hybridized carbons (Fsp3) is 0.615. The van der Waals surface area contributed by atoms with Crippen molar-refractivity contribution < 1.29 is 9.32 Å². The highest BCUT2D eigenvalue weighted by molar-refractivity contribution is 5.77. The van der Waals surface area contributed by atoms with E-state index in [4.69, 9.17) is 4.52 Å². The predicted molar refractivity (Wildman–Crippen MR) is 131 cm³/mol. The molecule has 0 aliphatic carbocycles. The van der Waals surface area contributed by atoms with Crippen LogP contribution in [0, 0.1) is 11.8 Å². The number of piperidine rings is 1. The number of benzene rings is 1. The molecule has 2 fully saturated rings. The molecule has 7 nitrogen and oxygen atoms in total. The van der Waals surface area contributed by atoms with Crippen LogP contribution in [0.4, 0.5) is 5.69 Å². The van der Waals surface area contributed by atoms with Gasteiger partial charge in [-0.05, 0) is 70.7 Å². The molecule has 1 aromatic carbocycles. The van der Waals surface area contributed by atoms with E-state index in [2.05, 4.69) is 62.0 Å². The molecule has 2 aromatic rings. The Morgan fingerprint density at radius 2 is 1.91 bits per heavy atom. The molecule has 1 amide bonds. The van der Waals surface area contributed by atoms with Gasteiger partial charge in [0.25, 0.3) is 0 Å². The van der Waals surface area contributed by atoms with Crippen LogP contribution in [-0.2, 0) is 17.8 Å². The Bertz CT molecular complexity index is 884. The van der Waals surface area contributed by atoms with Crippen molar-refractivity contribution in [2.24, 2.45) is 11.8 Å². The normalized spacial score (nSPS) is 22.3. The number of nitrogens with one attached hydrogen (secondary N) is 2. The summed E-state index contributed by atoms with van der Waals surface area (Å²) < 4.78 is 5.70. The fourth-order valence-electron chi connectivity index (χ4n) is 5.01. The summed E-state index contributed by atoms with van der Waals surface area (Å²) in [4.78, 5) is 17.4. The smallest absolute Gasteiger partial charge is 0.220 e. The zero-order chi connectivity index (χ0) is 23.3. The number of carbonyl (C=O) groups excluding carboxylic acids is 1. The van der Waals surface area contributed by atoms with Crippen LogP contribution in [0.3, 0.4) is 0 Å². The van der Waals surface area contributed by atoms with Gasteiger partial charge in [-0.1, -0.05) is 23.4 Å². The van der Waals surface area contributed by atoms with Gasteiger partial charge < -0.3 is 20.1 Å². The van der Waals surface area contributed by atoms with Crippen molar-refractivity contribution in [3.63, 3.8) is 0 Å². The van der Waals surface area contributed by atoms with E-state index in [-0.39, 0.29) is 11.4 Å². The van der Waals surface area contributed by atoms with Crippen molar-refractivity contribution in [3.05, 3.63) is 47.9 Å². The lowest BCUT2D eigenvalue weighted by molar-refractivity contribution is -0.124. The van der Waals surface area contributed by atoms with E-state index in [1.165, 1.54) is 5.69 Å². The van der Waals surface area contributed by atoms with Crippen LogP contribution in [-0.4, -0.2) is 60.8 Å². The van der Waals surface area contributed by atoms with E-state index < -0.39 is 0 Å². The molecule has 4 rings (SSSR count). The molecule has 0 spiro atoms. The topological polar surface area (TPSA) is 73.6 Å². The quantitative estimate of drug-likeness (QED) is 0.671. The standard InChI is InChI=1S/C26H39N5O2/c1-26(2,3)28-25(32)16-20-9-10-27-18-21(20)15-22-17-24(33-29-22)19-30-11-13-31(14-12-30)23-7-5-4-6-8-23/h4-8,17,20-21,27H,9-16,18-19H2,1-3H3,(H,28,32)/t20-,21-/m0/s1. The Morgan fingerprint density at radius 1 is 1.15 bits per heavy atom. The maximum atomic E-state index is 12.5. The van der Waals surface area contributed by atoms with Crippen molar-refractivity contribution in [1.29, 1.82) is 0 Å². The van der Waals surface area contributed by atoms with Crippen LogP contribution >= 0.6 is 0 Å². The average molecular weight is 454 g/mol. The molecular formula is C26H39N5O2. The molecule has 0 saturated carbocycles. The Kier molecular flexibility index (Phi) is 7.71. The number of nitrogens with zero attached hydrogens (tertiary/aromatic N) is 3. The number of hydrogen-bond donors (Lipinski definition) is 2. The zero-order valence-corrected chi connectivity index (χ0v) is 20.3. The van der Waals surface area contributed by atoms with Crippen LogP contribution < -0.4 is 15.5 Å². The summed E-state index contributed by atoms with van der Waals surface area (Å²) in [5, 5.41) is 11.0. The molecular weight excluding hydrogens is 414 g/mol. The highest BCUT2D eigenvalue weighted by atomic mass is 16.5. The highest BCUT2D eigenvalue weighted by Gasteiger charge is 2.29. The van der Waals surface area contributed by atoms with Gasteiger partial charge in [-0.15, -0.1) is 0 Å². The van der Waals surface area contributed by atoms with E-state index >= 15 is 0 Å². The van der Waals surface area contributed by atoms with Gasteiger partial charge in [-0.3, -0.25) is 9.69 Å². The number of aromatic nitrogens is 1. The summed E-state index contributed by atoms with van der Waals surface area (Å²) in [5.74, 6) is 1.86. The first-order valence-electron chi connectivity index (χ1n) is 12.3. The highest BCUT2D eigenvalue weighted by Crippen LogP contribution is 2.27. The van der Waals surface area contributed by atoms with Gasteiger partial charge in [0.2, 0.25) is 5.91 Å². The molecule has 0 bridgehead atoms. The summed E-state index contributed by atoms with van der Waals surface area (Å²) in [6, 6.07) is 12.7. The van der Waals surface area contributed by atoms with Gasteiger partial charge in [-0.25, -0.2) is 0 Å². The first-order valence-corrected chi connectivity index (χ1v) is 12.3. The molecule has 2 saturated heterocycles. The summed E-state index contributed by atoms with van der Waals surface area (Å²) in [7, 11) is 0. The van der Waals surface area contributed by atoms with Crippen LogP contribution in [0.2, 0.25) is 0 Å². The molecule has 3 heterocycles. The molecule has 2 aliphatic rings. The van der Waals surface area contributed by atoms with Crippen molar-refractivity contribution >= 4 is 11.6 Å². The Morgan fingerprint density at radius 3 is 2.64 bits per heavy atom. The number of hydrogen-bond acceptors (Lipinski definition) is 6. The van der Waals surface area contributed by atoms with E-state index in [1.54, 1.807) is 0 Å². The fourth-order valence-corrected chi connectivity index (χ4v) is 5.01. The first-order chi connectivity index (χ1) is 15.9. The summed E-state index contributed by atoms with van der Waals surface area (Å²) in [6.07, 6.45) is 2.46. The summed E-state index contributed by atoms with van der Waals surface area (Å²) in [5.41, 5.74) is 2.11. The lowest BCUT2D eigenvalue weighted by Crippen LogP contribution is -2.45. The average Bonchev–Trinajstić information content (AvgIpc) is 3.22. The SMILES string of the molecule is CC(C)(C)NC(=O)C[C@@H]1CCNC[C@@H]1Cc1cc(CN2CCN(c3ccccc3)CC2)on1. The van der Waals surface area contributed by atoms with Crippen LogP contribution in [0.5, 0.6) is 0 Å². The maximum Gasteiger partial charge on any atom is 0.220 e. The minimum Gasteiger partial charge on any atom is -0.369 e. The van der Waals surface area contributed by atoms with E-state index in [0.717, 1.165) is 70.1 Å². The summed E-state index contributed by atoms with van der Waals surface area (Å²) in [6.45, 7) is 12.9. The molecule has 2 N–H and O–H groups in total.